The molecule has 1 fully saturated rings. The van der Waals surface area contributed by atoms with Gasteiger partial charge in [-0.15, -0.1) is 0 Å². The van der Waals surface area contributed by atoms with Gasteiger partial charge in [-0.1, -0.05) is 41.9 Å². The van der Waals surface area contributed by atoms with E-state index in [9.17, 15) is 9.90 Å². The lowest BCUT2D eigenvalue weighted by Crippen LogP contribution is -2.44. The summed E-state index contributed by atoms with van der Waals surface area (Å²) in [6.45, 7) is 7.12. The predicted molar refractivity (Wildman–Crippen MR) is 115 cm³/mol. The molecule has 1 aliphatic rings. The number of carbonyl (C=O) groups is 1. The van der Waals surface area contributed by atoms with Crippen molar-refractivity contribution in [1.82, 2.24) is 4.90 Å². The van der Waals surface area contributed by atoms with Crippen LogP contribution >= 0.6 is 11.6 Å². The number of anilines is 1. The zero-order valence-electron chi connectivity index (χ0n) is 16.9. The summed E-state index contributed by atoms with van der Waals surface area (Å²) in [6, 6.07) is 13.0. The van der Waals surface area contributed by atoms with Gasteiger partial charge in [0.25, 0.3) is 0 Å². The van der Waals surface area contributed by atoms with Crippen molar-refractivity contribution in [2.75, 3.05) is 31.6 Å². The Kier molecular flexibility index (Phi) is 6.76. The molecule has 1 aliphatic heterocycles. The van der Waals surface area contributed by atoms with Gasteiger partial charge in [-0.05, 0) is 70.1 Å². The van der Waals surface area contributed by atoms with Gasteiger partial charge < -0.3 is 14.9 Å². The number of rotatable bonds is 6. The van der Waals surface area contributed by atoms with E-state index in [4.69, 9.17) is 11.6 Å². The van der Waals surface area contributed by atoms with E-state index in [-0.39, 0.29) is 5.78 Å². The number of carbonyl (C=O) groups excluding carboxylic acids is 1. The number of likely N-dealkylation sites (tertiary alicyclic amines) is 1. The van der Waals surface area contributed by atoms with Crippen LogP contribution in [0.3, 0.4) is 0 Å². The van der Waals surface area contributed by atoms with Crippen LogP contribution in [0.25, 0.3) is 0 Å². The number of Topliss-reactive ketones (excluding diaryl/α,β-unsaturated/α-hetero) is 1. The Morgan fingerprint density at radius 1 is 1.25 bits per heavy atom. The van der Waals surface area contributed by atoms with E-state index >= 15 is 0 Å². The molecule has 1 unspecified atom stereocenters. The van der Waals surface area contributed by atoms with Crippen molar-refractivity contribution in [2.45, 2.75) is 38.8 Å². The summed E-state index contributed by atoms with van der Waals surface area (Å²) in [6.07, 6.45) is 0.963. The Morgan fingerprint density at radius 3 is 2.50 bits per heavy atom. The zero-order valence-corrected chi connectivity index (χ0v) is 17.6. The lowest BCUT2D eigenvalue weighted by Gasteiger charge is -2.39. The van der Waals surface area contributed by atoms with Crippen LogP contribution in [0, 0.1) is 6.92 Å². The largest absolute Gasteiger partial charge is 0.380 e. The topological polar surface area (TPSA) is 43.8 Å². The maximum atomic E-state index is 12.8. The third kappa shape index (κ3) is 4.40. The Balaban J connectivity index is 1.94. The molecule has 2 aromatic rings. The van der Waals surface area contributed by atoms with Gasteiger partial charge in [0.05, 0.1) is 0 Å². The lowest BCUT2D eigenvalue weighted by molar-refractivity contribution is 0.0746. The van der Waals surface area contributed by atoms with Crippen LogP contribution in [-0.4, -0.2) is 48.5 Å². The fourth-order valence-corrected chi connectivity index (χ4v) is 4.32. The Labute approximate surface area is 172 Å². The molecule has 0 radical (unpaired) electrons. The first-order valence-corrected chi connectivity index (χ1v) is 10.3. The van der Waals surface area contributed by atoms with E-state index in [0.717, 1.165) is 43.7 Å². The van der Waals surface area contributed by atoms with Gasteiger partial charge in [-0.3, -0.25) is 4.79 Å². The molecule has 150 valence electrons. The van der Waals surface area contributed by atoms with Gasteiger partial charge in [-0.2, -0.15) is 0 Å². The van der Waals surface area contributed by atoms with Gasteiger partial charge in [0.15, 0.2) is 5.78 Å². The maximum Gasteiger partial charge on any atom is 0.195 e. The fraction of sp³-hybridized carbons (Fsp3) is 0.435. The molecule has 2 aromatic carbocycles. The summed E-state index contributed by atoms with van der Waals surface area (Å²) in [5.41, 5.74) is 3.02. The Morgan fingerprint density at radius 2 is 1.89 bits per heavy atom. The summed E-state index contributed by atoms with van der Waals surface area (Å²) < 4.78 is 0. The van der Waals surface area contributed by atoms with Crippen molar-refractivity contribution in [3.63, 3.8) is 0 Å². The van der Waals surface area contributed by atoms with E-state index in [1.165, 1.54) is 0 Å². The predicted octanol–water partition coefficient (Wildman–Crippen LogP) is 4.49. The van der Waals surface area contributed by atoms with Crippen molar-refractivity contribution < 1.29 is 9.90 Å². The second-order valence-electron chi connectivity index (χ2n) is 7.59. The third-order valence-electron chi connectivity index (χ3n) is 5.77. The summed E-state index contributed by atoms with van der Waals surface area (Å²) >= 11 is 6.42. The highest BCUT2D eigenvalue weighted by Crippen LogP contribution is 2.35. The van der Waals surface area contributed by atoms with Crippen LogP contribution in [0.4, 0.5) is 5.69 Å². The van der Waals surface area contributed by atoms with Crippen molar-refractivity contribution in [3.8, 4) is 0 Å². The monoisotopic (exact) mass is 400 g/mol. The summed E-state index contributed by atoms with van der Waals surface area (Å²) in [5.74, 6) is -0.306. The van der Waals surface area contributed by atoms with Crippen molar-refractivity contribution in [3.05, 3.63) is 64.2 Å². The molecule has 1 N–H and O–H groups in total. The first-order valence-electron chi connectivity index (χ1n) is 9.95. The van der Waals surface area contributed by atoms with Crippen molar-refractivity contribution >= 4 is 23.1 Å². The molecule has 0 amide bonds. The number of piperidine rings is 1. The number of hydrogen-bond acceptors (Lipinski definition) is 4. The van der Waals surface area contributed by atoms with E-state index in [1.54, 1.807) is 30.3 Å². The molecule has 5 heteroatoms. The standard InChI is InChI=1S/C23H29ClN2O2/c1-4-26(19-10-12-25(3)13-11-19)21-15-18(24)14-20(16(21)2)23(28)22(27)17-8-6-5-7-9-17/h5-9,14-15,19,23,28H,4,10-13H2,1-3H3. The Hall–Kier alpha value is -1.88. The fourth-order valence-electron chi connectivity index (χ4n) is 4.10. The lowest BCUT2D eigenvalue weighted by atomic mass is 9.94. The number of hydrogen-bond donors (Lipinski definition) is 1. The molecule has 0 aliphatic carbocycles. The minimum absolute atomic E-state index is 0.306. The van der Waals surface area contributed by atoms with Gasteiger partial charge in [-0.25, -0.2) is 0 Å². The van der Waals surface area contributed by atoms with Crippen molar-refractivity contribution in [2.24, 2.45) is 0 Å². The van der Waals surface area contributed by atoms with Crippen LogP contribution in [0.5, 0.6) is 0 Å². The second-order valence-corrected chi connectivity index (χ2v) is 8.03. The minimum atomic E-state index is -1.23. The summed E-state index contributed by atoms with van der Waals surface area (Å²) in [5, 5.41) is 11.4. The molecule has 0 saturated carbocycles. The molecule has 0 aromatic heterocycles. The quantitative estimate of drug-likeness (QED) is 0.726. The molecule has 4 nitrogen and oxygen atoms in total. The van der Waals surface area contributed by atoms with Gasteiger partial charge in [0.1, 0.15) is 6.10 Å². The number of aliphatic hydroxyl groups is 1. The molecule has 1 saturated heterocycles. The first-order chi connectivity index (χ1) is 13.4. The first kappa shape index (κ1) is 20.8. The number of ketones is 1. The number of nitrogens with zero attached hydrogens (tertiary/aromatic N) is 2. The number of aliphatic hydroxyl groups excluding tert-OH is 1. The SMILES string of the molecule is CCN(c1cc(Cl)cc(C(O)C(=O)c2ccccc2)c1C)C1CCN(C)CC1. The van der Waals surface area contributed by atoms with Crippen LogP contribution in [-0.2, 0) is 0 Å². The smallest absolute Gasteiger partial charge is 0.195 e. The molecular weight excluding hydrogens is 372 g/mol. The van der Waals surface area contributed by atoms with Crippen LogP contribution in [0.2, 0.25) is 5.02 Å². The minimum Gasteiger partial charge on any atom is -0.380 e. The normalized spacial score (nSPS) is 16.8. The molecule has 0 spiro atoms. The third-order valence-corrected chi connectivity index (χ3v) is 5.98. The van der Waals surface area contributed by atoms with E-state index in [2.05, 4.69) is 23.8 Å². The van der Waals surface area contributed by atoms with E-state index in [1.807, 2.05) is 19.1 Å². The average molecular weight is 401 g/mol. The van der Waals surface area contributed by atoms with Crippen LogP contribution < -0.4 is 4.90 Å². The van der Waals surface area contributed by atoms with E-state index < -0.39 is 6.10 Å². The molecule has 1 heterocycles. The molecule has 3 rings (SSSR count). The Bertz CT molecular complexity index is 817. The van der Waals surface area contributed by atoms with Crippen molar-refractivity contribution in [1.29, 1.82) is 0 Å². The highest BCUT2D eigenvalue weighted by Gasteiger charge is 2.27. The van der Waals surface area contributed by atoms with Gasteiger partial charge in [0.2, 0.25) is 0 Å². The second kappa shape index (κ2) is 9.08. The molecule has 0 bridgehead atoms. The van der Waals surface area contributed by atoms with Crippen LogP contribution in [0.15, 0.2) is 42.5 Å². The van der Waals surface area contributed by atoms with E-state index in [0.29, 0.717) is 22.2 Å². The highest BCUT2D eigenvalue weighted by atomic mass is 35.5. The van der Waals surface area contributed by atoms with Gasteiger partial charge >= 0.3 is 0 Å². The highest BCUT2D eigenvalue weighted by molar-refractivity contribution is 6.31. The number of benzene rings is 2. The molecular formula is C23H29ClN2O2. The zero-order chi connectivity index (χ0) is 20.3. The van der Waals surface area contributed by atoms with Crippen LogP contribution in [0.1, 0.15) is 47.4 Å². The number of halogens is 1. The average Bonchev–Trinajstić information content (AvgIpc) is 2.71. The summed E-state index contributed by atoms with van der Waals surface area (Å²) in [4.78, 5) is 17.5. The van der Waals surface area contributed by atoms with Gasteiger partial charge in [0, 0.05) is 28.9 Å². The molecule has 28 heavy (non-hydrogen) atoms. The summed E-state index contributed by atoms with van der Waals surface area (Å²) in [7, 11) is 2.15. The molecule has 1 atom stereocenters. The maximum absolute atomic E-state index is 12.8.